The normalized spacial score (nSPS) is 10.3. The van der Waals surface area contributed by atoms with Crippen molar-refractivity contribution < 1.29 is 0 Å². The van der Waals surface area contributed by atoms with Gasteiger partial charge in [-0.1, -0.05) is 30.3 Å². The van der Waals surface area contributed by atoms with Crippen molar-refractivity contribution in [3.8, 4) is 0 Å². The third-order valence-electron chi connectivity index (χ3n) is 2.42. The Labute approximate surface area is 103 Å². The maximum atomic E-state index is 3.43. The Bertz CT molecular complexity index is 463. The molecule has 0 saturated heterocycles. The van der Waals surface area contributed by atoms with Crippen molar-refractivity contribution in [2.24, 2.45) is 0 Å². The van der Waals surface area contributed by atoms with Crippen LogP contribution in [0.3, 0.4) is 0 Å². The van der Waals surface area contributed by atoms with Gasteiger partial charge in [-0.2, -0.15) is 0 Å². The first kappa shape index (κ1) is 11.5. The van der Waals surface area contributed by atoms with Crippen molar-refractivity contribution in [2.75, 3.05) is 10.6 Å². The molecule has 0 bridgehead atoms. The highest BCUT2D eigenvalue weighted by Crippen LogP contribution is 2.25. The van der Waals surface area contributed by atoms with Crippen LogP contribution in [0.2, 0.25) is 0 Å². The standard InChI is InChI=1S/C15H18N2/c1-12(2)16-14-10-6-7-11-15(14)17-13-8-4-3-5-9-13/h3-12,16-17H,1-2H3. The van der Waals surface area contributed by atoms with Gasteiger partial charge in [-0.15, -0.1) is 0 Å². The van der Waals surface area contributed by atoms with E-state index in [-0.39, 0.29) is 0 Å². The largest absolute Gasteiger partial charge is 0.381 e. The van der Waals surface area contributed by atoms with Gasteiger partial charge in [-0.25, -0.2) is 0 Å². The minimum Gasteiger partial charge on any atom is -0.381 e. The summed E-state index contributed by atoms with van der Waals surface area (Å²) >= 11 is 0. The fraction of sp³-hybridized carbons (Fsp3) is 0.200. The Morgan fingerprint density at radius 3 is 2.00 bits per heavy atom. The van der Waals surface area contributed by atoms with Gasteiger partial charge >= 0.3 is 0 Å². The first-order valence-electron chi connectivity index (χ1n) is 5.93. The molecule has 0 amide bonds. The molecule has 0 unspecified atom stereocenters. The summed E-state index contributed by atoms with van der Waals surface area (Å²) in [6.45, 7) is 4.28. The van der Waals surface area contributed by atoms with Crippen LogP contribution in [0.15, 0.2) is 54.6 Å². The lowest BCUT2D eigenvalue weighted by Gasteiger charge is -2.16. The van der Waals surface area contributed by atoms with E-state index in [0.29, 0.717) is 6.04 Å². The number of nitrogens with one attached hydrogen (secondary N) is 2. The van der Waals surface area contributed by atoms with E-state index in [9.17, 15) is 0 Å². The Hall–Kier alpha value is -1.96. The van der Waals surface area contributed by atoms with Crippen LogP contribution in [0.5, 0.6) is 0 Å². The molecule has 0 aromatic heterocycles. The number of benzene rings is 2. The molecule has 0 radical (unpaired) electrons. The van der Waals surface area contributed by atoms with E-state index >= 15 is 0 Å². The smallest absolute Gasteiger partial charge is 0.0620 e. The zero-order chi connectivity index (χ0) is 12.1. The second-order valence-corrected chi connectivity index (χ2v) is 4.34. The van der Waals surface area contributed by atoms with Crippen molar-refractivity contribution in [1.82, 2.24) is 0 Å². The fourth-order valence-corrected chi connectivity index (χ4v) is 1.71. The van der Waals surface area contributed by atoms with Gasteiger partial charge in [0.2, 0.25) is 0 Å². The Morgan fingerprint density at radius 1 is 0.765 bits per heavy atom. The van der Waals surface area contributed by atoms with Crippen LogP contribution in [0.4, 0.5) is 17.1 Å². The highest BCUT2D eigenvalue weighted by atomic mass is 15.0. The average molecular weight is 226 g/mol. The van der Waals surface area contributed by atoms with Crippen LogP contribution < -0.4 is 10.6 Å². The third kappa shape index (κ3) is 3.25. The van der Waals surface area contributed by atoms with Crippen LogP contribution in [0.25, 0.3) is 0 Å². The highest BCUT2D eigenvalue weighted by molar-refractivity contribution is 5.74. The van der Waals surface area contributed by atoms with Crippen LogP contribution in [0, 0.1) is 0 Å². The summed E-state index contributed by atoms with van der Waals surface area (Å²) in [5, 5.41) is 6.85. The summed E-state index contributed by atoms with van der Waals surface area (Å²) < 4.78 is 0. The molecule has 0 aliphatic carbocycles. The van der Waals surface area contributed by atoms with Gasteiger partial charge < -0.3 is 10.6 Å². The summed E-state index contributed by atoms with van der Waals surface area (Å²) in [6, 6.07) is 18.9. The van der Waals surface area contributed by atoms with E-state index in [2.05, 4.69) is 48.7 Å². The topological polar surface area (TPSA) is 24.1 Å². The molecule has 2 rings (SSSR count). The molecule has 0 fully saturated rings. The monoisotopic (exact) mass is 226 g/mol. The summed E-state index contributed by atoms with van der Waals surface area (Å²) in [5.41, 5.74) is 3.34. The van der Waals surface area contributed by atoms with Crippen molar-refractivity contribution in [3.05, 3.63) is 54.6 Å². The molecular formula is C15H18N2. The number of hydrogen-bond donors (Lipinski definition) is 2. The van der Waals surface area contributed by atoms with Crippen molar-refractivity contribution in [2.45, 2.75) is 19.9 Å². The molecule has 2 nitrogen and oxygen atoms in total. The minimum atomic E-state index is 0.425. The van der Waals surface area contributed by atoms with Gasteiger partial charge in [0.25, 0.3) is 0 Å². The second-order valence-electron chi connectivity index (χ2n) is 4.34. The first-order valence-corrected chi connectivity index (χ1v) is 5.93. The lowest BCUT2D eigenvalue weighted by molar-refractivity contribution is 0.900. The molecule has 2 heteroatoms. The summed E-state index contributed by atoms with van der Waals surface area (Å²) in [6.07, 6.45) is 0. The van der Waals surface area contributed by atoms with Crippen molar-refractivity contribution in [3.63, 3.8) is 0 Å². The van der Waals surface area contributed by atoms with Gasteiger partial charge in [-0.05, 0) is 38.1 Å². The molecule has 0 atom stereocenters. The van der Waals surface area contributed by atoms with E-state index in [1.807, 2.05) is 30.3 Å². The molecule has 2 N–H and O–H groups in total. The molecule has 88 valence electrons. The molecule has 2 aromatic carbocycles. The van der Waals surface area contributed by atoms with Gasteiger partial charge in [0.1, 0.15) is 0 Å². The molecule has 0 heterocycles. The lowest BCUT2D eigenvalue weighted by Crippen LogP contribution is -2.11. The van der Waals surface area contributed by atoms with Crippen LogP contribution >= 0.6 is 0 Å². The quantitative estimate of drug-likeness (QED) is 0.814. The van der Waals surface area contributed by atoms with Crippen molar-refractivity contribution in [1.29, 1.82) is 0 Å². The van der Waals surface area contributed by atoms with Crippen LogP contribution in [-0.4, -0.2) is 6.04 Å². The summed E-state index contributed by atoms with van der Waals surface area (Å²) in [7, 11) is 0. The maximum absolute atomic E-state index is 3.43. The summed E-state index contributed by atoms with van der Waals surface area (Å²) in [5.74, 6) is 0. The highest BCUT2D eigenvalue weighted by Gasteiger charge is 2.02. The first-order chi connectivity index (χ1) is 8.25. The molecule has 2 aromatic rings. The molecular weight excluding hydrogens is 208 g/mol. The SMILES string of the molecule is CC(C)Nc1ccccc1Nc1ccccc1. The molecule has 17 heavy (non-hydrogen) atoms. The summed E-state index contributed by atoms with van der Waals surface area (Å²) in [4.78, 5) is 0. The van der Waals surface area contributed by atoms with Crippen molar-refractivity contribution >= 4 is 17.1 Å². The Kier molecular flexibility index (Phi) is 3.66. The van der Waals surface area contributed by atoms with E-state index in [1.54, 1.807) is 0 Å². The van der Waals surface area contributed by atoms with Gasteiger partial charge in [0.05, 0.1) is 11.4 Å². The number of para-hydroxylation sites is 3. The molecule has 0 aliphatic rings. The van der Waals surface area contributed by atoms with Crippen LogP contribution in [-0.2, 0) is 0 Å². The fourth-order valence-electron chi connectivity index (χ4n) is 1.71. The molecule has 0 saturated carbocycles. The second kappa shape index (κ2) is 5.39. The van der Waals surface area contributed by atoms with E-state index < -0.39 is 0 Å². The van der Waals surface area contributed by atoms with E-state index in [1.165, 1.54) is 0 Å². The van der Waals surface area contributed by atoms with Gasteiger partial charge in [0, 0.05) is 11.7 Å². The predicted molar refractivity (Wildman–Crippen MR) is 74.9 cm³/mol. The van der Waals surface area contributed by atoms with Gasteiger partial charge in [-0.3, -0.25) is 0 Å². The number of anilines is 3. The maximum Gasteiger partial charge on any atom is 0.0620 e. The van der Waals surface area contributed by atoms with Gasteiger partial charge in [0.15, 0.2) is 0 Å². The lowest BCUT2D eigenvalue weighted by atomic mass is 10.2. The number of rotatable bonds is 4. The average Bonchev–Trinajstić information content (AvgIpc) is 2.32. The minimum absolute atomic E-state index is 0.425. The third-order valence-corrected chi connectivity index (χ3v) is 2.42. The Balaban J connectivity index is 2.20. The zero-order valence-electron chi connectivity index (χ0n) is 10.3. The Morgan fingerprint density at radius 2 is 1.35 bits per heavy atom. The van der Waals surface area contributed by atoms with E-state index in [4.69, 9.17) is 0 Å². The molecule has 0 spiro atoms. The zero-order valence-corrected chi connectivity index (χ0v) is 10.3. The number of hydrogen-bond acceptors (Lipinski definition) is 2. The van der Waals surface area contributed by atoms with Crippen LogP contribution in [0.1, 0.15) is 13.8 Å². The molecule has 0 aliphatic heterocycles. The van der Waals surface area contributed by atoms with E-state index in [0.717, 1.165) is 17.1 Å². The predicted octanol–water partition coefficient (Wildman–Crippen LogP) is 4.25.